The van der Waals surface area contributed by atoms with E-state index < -0.39 is 65.9 Å². The zero-order valence-corrected chi connectivity index (χ0v) is 19.0. The quantitative estimate of drug-likeness (QED) is 0.148. The minimum atomic E-state index is -8.02. The third-order valence-electron chi connectivity index (χ3n) is 5.59. The second-order valence-electron chi connectivity index (χ2n) is 8.15. The second kappa shape index (κ2) is 10.5. The molecule has 0 bridgehead atoms. The summed E-state index contributed by atoms with van der Waals surface area (Å²) in [5.74, 6) is -37.6. The summed E-state index contributed by atoms with van der Waals surface area (Å²) in [4.78, 5) is 10.4. The molecule has 0 aliphatic carbocycles. The highest BCUT2D eigenvalue weighted by Crippen LogP contribution is 2.60. The van der Waals surface area contributed by atoms with E-state index in [1.807, 2.05) is 0 Å². The molecule has 0 saturated carbocycles. The van der Waals surface area contributed by atoms with E-state index in [1.165, 1.54) is 60.7 Å². The summed E-state index contributed by atoms with van der Waals surface area (Å²) in [5.41, 5.74) is -2.58. The van der Waals surface area contributed by atoms with Crippen molar-refractivity contribution in [2.75, 3.05) is 13.2 Å². The van der Waals surface area contributed by atoms with Crippen LogP contribution in [0.2, 0.25) is 0 Å². The molecule has 218 valence electrons. The topological polar surface area (TPSA) is 52.4 Å². The number of alkyl halides is 13. The van der Waals surface area contributed by atoms with Crippen molar-refractivity contribution in [3.05, 3.63) is 81.9 Å². The van der Waals surface area contributed by atoms with Gasteiger partial charge in [-0.25, -0.2) is 0 Å². The molecule has 0 aromatic heterocycles. The SMILES string of the molecule is O=[N+]([O-])CC(OCCC(F)(F)C(F)(F)C(F)(F)C(F)(F)C(F)(F)C(F)(F)F)(c1ccccc1)c1ccccc1. The van der Waals surface area contributed by atoms with Gasteiger partial charge >= 0.3 is 35.8 Å². The zero-order valence-electron chi connectivity index (χ0n) is 19.0. The third kappa shape index (κ3) is 5.49. The molecule has 0 unspecified atom stereocenters. The van der Waals surface area contributed by atoms with Crippen LogP contribution >= 0.6 is 0 Å². The Balaban J connectivity index is 2.47. The van der Waals surface area contributed by atoms with Crippen LogP contribution in [0.1, 0.15) is 17.5 Å². The molecular weight excluding hydrogens is 573 g/mol. The zero-order chi connectivity index (χ0) is 30.1. The third-order valence-corrected chi connectivity index (χ3v) is 5.59. The monoisotopic (exact) mass is 589 g/mol. The number of nitro groups is 1. The fourth-order valence-corrected chi connectivity index (χ4v) is 3.47. The van der Waals surface area contributed by atoms with Crippen molar-refractivity contribution >= 4 is 0 Å². The maximum atomic E-state index is 14.3. The van der Waals surface area contributed by atoms with Crippen molar-refractivity contribution in [2.45, 2.75) is 47.8 Å². The first kappa shape index (κ1) is 32.1. The Morgan fingerprint density at radius 3 is 1.36 bits per heavy atom. The first-order valence-corrected chi connectivity index (χ1v) is 10.4. The van der Waals surface area contributed by atoms with Gasteiger partial charge in [-0.3, -0.25) is 10.1 Å². The largest absolute Gasteiger partial charge is 0.460 e. The minimum Gasteiger partial charge on any atom is -0.358 e. The van der Waals surface area contributed by atoms with Crippen molar-refractivity contribution in [1.29, 1.82) is 0 Å². The number of halogens is 13. The van der Waals surface area contributed by atoms with Crippen LogP contribution in [-0.4, -0.2) is 53.9 Å². The molecule has 0 atom stereocenters. The van der Waals surface area contributed by atoms with E-state index in [1.54, 1.807) is 0 Å². The molecule has 0 aliphatic rings. The van der Waals surface area contributed by atoms with Gasteiger partial charge < -0.3 is 4.74 Å². The van der Waals surface area contributed by atoms with Gasteiger partial charge in [0.05, 0.1) is 6.61 Å². The molecule has 0 radical (unpaired) electrons. The normalized spacial score (nSPS) is 14.4. The molecular formula is C22H16F13NO3. The lowest BCUT2D eigenvalue weighted by Crippen LogP contribution is -2.70. The fourth-order valence-electron chi connectivity index (χ4n) is 3.47. The van der Waals surface area contributed by atoms with Crippen LogP contribution in [0.5, 0.6) is 0 Å². The van der Waals surface area contributed by atoms with E-state index in [4.69, 9.17) is 4.74 Å². The van der Waals surface area contributed by atoms with Gasteiger partial charge in [0.2, 0.25) is 6.54 Å². The van der Waals surface area contributed by atoms with Gasteiger partial charge in [-0.1, -0.05) is 60.7 Å². The lowest BCUT2D eigenvalue weighted by Gasteiger charge is -2.40. The van der Waals surface area contributed by atoms with E-state index in [0.717, 1.165) is 0 Å². The Hall–Kier alpha value is -3.11. The number of nitrogens with zero attached hydrogens (tertiary/aromatic N) is 1. The molecule has 4 nitrogen and oxygen atoms in total. The summed E-state index contributed by atoms with van der Waals surface area (Å²) in [6.45, 7) is -3.06. The standard InChI is InChI=1S/C22H16F13NO3/c23-17(24,18(25,26)19(27,28)20(29,30)21(31,32)22(33,34)35)11-12-39-16(13-36(37)38,14-7-3-1-4-8-14)15-9-5-2-6-10-15/h1-10H,11-13H2. The summed E-state index contributed by atoms with van der Waals surface area (Å²) < 4.78 is 179. The number of ether oxygens (including phenoxy) is 1. The molecule has 2 rings (SSSR count). The van der Waals surface area contributed by atoms with Crippen LogP contribution in [0, 0.1) is 10.1 Å². The molecule has 39 heavy (non-hydrogen) atoms. The molecule has 0 N–H and O–H groups in total. The molecule has 0 spiro atoms. The number of hydrogen-bond acceptors (Lipinski definition) is 3. The summed E-state index contributed by atoms with van der Waals surface area (Å²) >= 11 is 0. The minimum absolute atomic E-state index is 0.121. The van der Waals surface area contributed by atoms with Crippen molar-refractivity contribution in [3.8, 4) is 0 Å². The van der Waals surface area contributed by atoms with Crippen molar-refractivity contribution in [1.82, 2.24) is 0 Å². The smallest absolute Gasteiger partial charge is 0.358 e. The fraction of sp³-hybridized carbons (Fsp3) is 0.455. The van der Waals surface area contributed by atoms with Gasteiger partial charge in [-0.2, -0.15) is 57.1 Å². The molecule has 0 heterocycles. The van der Waals surface area contributed by atoms with Crippen LogP contribution in [0.3, 0.4) is 0 Å². The maximum Gasteiger partial charge on any atom is 0.460 e. The van der Waals surface area contributed by atoms with Crippen LogP contribution in [-0.2, 0) is 10.3 Å². The van der Waals surface area contributed by atoms with Crippen molar-refractivity contribution < 1.29 is 66.7 Å². The number of rotatable bonds is 12. The predicted molar refractivity (Wildman–Crippen MR) is 107 cm³/mol. The lowest BCUT2D eigenvalue weighted by molar-refractivity contribution is -0.501. The van der Waals surface area contributed by atoms with Gasteiger partial charge in [0.15, 0.2) is 5.60 Å². The van der Waals surface area contributed by atoms with E-state index in [9.17, 15) is 67.2 Å². The average Bonchev–Trinajstić information content (AvgIpc) is 2.83. The Bertz CT molecular complexity index is 1080. The highest BCUT2D eigenvalue weighted by Gasteiger charge is 2.90. The van der Waals surface area contributed by atoms with Gasteiger partial charge in [0, 0.05) is 11.3 Å². The number of benzene rings is 2. The molecule has 0 amide bonds. The Morgan fingerprint density at radius 2 is 1.00 bits per heavy atom. The van der Waals surface area contributed by atoms with Crippen molar-refractivity contribution in [3.63, 3.8) is 0 Å². The summed E-state index contributed by atoms with van der Waals surface area (Å²) in [6.07, 6.45) is -10.2. The molecule has 17 heteroatoms. The maximum absolute atomic E-state index is 14.3. The molecule has 2 aromatic carbocycles. The first-order chi connectivity index (χ1) is 17.6. The van der Waals surface area contributed by atoms with Gasteiger partial charge in [-0.15, -0.1) is 0 Å². The Labute approximate surface area is 210 Å². The van der Waals surface area contributed by atoms with Crippen molar-refractivity contribution in [2.24, 2.45) is 0 Å². The summed E-state index contributed by atoms with van der Waals surface area (Å²) in [5, 5.41) is 11.4. The highest BCUT2D eigenvalue weighted by molar-refractivity contribution is 5.36. The summed E-state index contributed by atoms with van der Waals surface area (Å²) in [6, 6.07) is 12.8. The predicted octanol–water partition coefficient (Wildman–Crippen LogP) is 7.35. The van der Waals surface area contributed by atoms with Crippen LogP contribution in [0.25, 0.3) is 0 Å². The van der Waals surface area contributed by atoms with Gasteiger partial charge in [-0.05, 0) is 11.1 Å². The van der Waals surface area contributed by atoms with Crippen LogP contribution in [0.4, 0.5) is 57.1 Å². The molecule has 2 aromatic rings. The summed E-state index contributed by atoms with van der Waals surface area (Å²) in [7, 11) is 0. The van der Waals surface area contributed by atoms with Crippen LogP contribution < -0.4 is 0 Å². The molecule has 0 aliphatic heterocycles. The van der Waals surface area contributed by atoms with Gasteiger partial charge in [0.25, 0.3) is 0 Å². The van der Waals surface area contributed by atoms with E-state index in [0.29, 0.717) is 0 Å². The molecule has 0 saturated heterocycles. The Morgan fingerprint density at radius 1 is 0.615 bits per heavy atom. The van der Waals surface area contributed by atoms with E-state index in [2.05, 4.69) is 0 Å². The van der Waals surface area contributed by atoms with E-state index >= 15 is 0 Å². The van der Waals surface area contributed by atoms with Gasteiger partial charge in [0.1, 0.15) is 0 Å². The van der Waals surface area contributed by atoms with E-state index in [-0.39, 0.29) is 11.1 Å². The Kier molecular flexibility index (Phi) is 8.61. The highest BCUT2D eigenvalue weighted by atomic mass is 19.4. The molecule has 0 fully saturated rings. The number of hydrogen-bond donors (Lipinski definition) is 0. The first-order valence-electron chi connectivity index (χ1n) is 10.4. The second-order valence-corrected chi connectivity index (χ2v) is 8.15. The average molecular weight is 589 g/mol. The lowest BCUT2D eigenvalue weighted by atomic mass is 9.86. The van der Waals surface area contributed by atoms with Crippen LogP contribution in [0.15, 0.2) is 60.7 Å².